The van der Waals surface area contributed by atoms with Crippen LogP contribution in [0, 0.1) is 5.92 Å². The zero-order valence-corrected chi connectivity index (χ0v) is 13.7. The minimum Gasteiger partial charge on any atom is -0.481 e. The number of rotatable bonds is 2. The molecule has 1 amide bonds. The molecule has 0 bridgehead atoms. The van der Waals surface area contributed by atoms with Crippen LogP contribution in [-0.2, 0) is 9.59 Å². The predicted molar refractivity (Wildman–Crippen MR) is 77.6 cm³/mol. The van der Waals surface area contributed by atoms with Gasteiger partial charge in [-0.1, -0.05) is 15.9 Å². The fourth-order valence-electron chi connectivity index (χ4n) is 1.88. The van der Waals surface area contributed by atoms with Crippen molar-refractivity contribution in [2.24, 2.45) is 5.92 Å². The van der Waals surface area contributed by atoms with Crippen molar-refractivity contribution in [3.05, 3.63) is 25.6 Å². The molecule has 1 atom stereocenters. The maximum atomic E-state index is 11.9. The summed E-state index contributed by atoms with van der Waals surface area (Å²) in [6.45, 7) is 0.201. The Kier molecular flexibility index (Phi) is 4.13. The molecule has 1 N–H and O–H groups in total. The standard InChI is InChI=1S/C11H8Br3NO3/c12-6-2-7(13)10(8(14)3-6)15-4-5(11(17)18)1-9(15)16/h2-3,5H,1,4H2,(H,17,18). The Hall–Kier alpha value is -0.400. The Balaban J connectivity index is 2.39. The van der Waals surface area contributed by atoms with Crippen LogP contribution in [0.1, 0.15) is 6.42 Å². The van der Waals surface area contributed by atoms with E-state index in [1.54, 1.807) is 0 Å². The van der Waals surface area contributed by atoms with E-state index in [9.17, 15) is 9.59 Å². The first kappa shape index (κ1) is 14.0. The predicted octanol–water partition coefficient (Wildman–Crippen LogP) is 3.41. The summed E-state index contributed by atoms with van der Waals surface area (Å²) in [7, 11) is 0. The average Bonchev–Trinajstić information content (AvgIpc) is 2.59. The van der Waals surface area contributed by atoms with Gasteiger partial charge in [0.25, 0.3) is 0 Å². The monoisotopic (exact) mass is 439 g/mol. The van der Waals surface area contributed by atoms with Gasteiger partial charge in [0.15, 0.2) is 0 Å². The second kappa shape index (κ2) is 5.30. The molecule has 1 saturated heterocycles. The Morgan fingerprint density at radius 2 is 1.83 bits per heavy atom. The number of aliphatic carboxylic acids is 1. The smallest absolute Gasteiger partial charge is 0.308 e. The molecule has 18 heavy (non-hydrogen) atoms. The zero-order valence-electron chi connectivity index (χ0n) is 8.99. The van der Waals surface area contributed by atoms with Crippen LogP contribution in [0.5, 0.6) is 0 Å². The highest BCUT2D eigenvalue weighted by molar-refractivity contribution is 9.11. The number of carbonyl (C=O) groups is 2. The summed E-state index contributed by atoms with van der Waals surface area (Å²) >= 11 is 10.1. The quantitative estimate of drug-likeness (QED) is 0.765. The number of hydrogen-bond acceptors (Lipinski definition) is 2. The average molecular weight is 442 g/mol. The number of carbonyl (C=O) groups excluding carboxylic acids is 1. The summed E-state index contributed by atoms with van der Waals surface area (Å²) in [4.78, 5) is 24.3. The van der Waals surface area contributed by atoms with Crippen molar-refractivity contribution in [3.8, 4) is 0 Å². The molecule has 1 aromatic carbocycles. The summed E-state index contributed by atoms with van der Waals surface area (Å²) in [5.74, 6) is -1.75. The third kappa shape index (κ3) is 2.62. The van der Waals surface area contributed by atoms with Crippen LogP contribution in [0.2, 0.25) is 0 Å². The van der Waals surface area contributed by atoms with E-state index < -0.39 is 11.9 Å². The Morgan fingerprint density at radius 3 is 2.28 bits per heavy atom. The maximum absolute atomic E-state index is 11.9. The van der Waals surface area contributed by atoms with E-state index in [1.807, 2.05) is 12.1 Å². The molecule has 1 aliphatic rings. The van der Waals surface area contributed by atoms with E-state index in [0.717, 1.165) is 13.4 Å². The van der Waals surface area contributed by atoms with Gasteiger partial charge >= 0.3 is 5.97 Å². The molecule has 2 rings (SSSR count). The molecule has 1 unspecified atom stereocenters. The topological polar surface area (TPSA) is 57.6 Å². The largest absolute Gasteiger partial charge is 0.481 e. The number of carboxylic acid groups (broad SMARTS) is 1. The van der Waals surface area contributed by atoms with E-state index in [-0.39, 0.29) is 18.9 Å². The van der Waals surface area contributed by atoms with Crippen LogP contribution < -0.4 is 4.90 Å². The summed E-state index contributed by atoms with van der Waals surface area (Å²) in [5.41, 5.74) is 0.673. The van der Waals surface area contributed by atoms with Crippen molar-refractivity contribution in [1.82, 2.24) is 0 Å². The fourth-order valence-corrected chi connectivity index (χ4v) is 4.57. The number of hydrogen-bond donors (Lipinski definition) is 1. The van der Waals surface area contributed by atoms with Crippen molar-refractivity contribution in [2.45, 2.75) is 6.42 Å². The van der Waals surface area contributed by atoms with Crippen LogP contribution >= 0.6 is 47.8 Å². The summed E-state index contributed by atoms with van der Waals surface area (Å²) in [5, 5.41) is 8.97. The molecule has 1 aliphatic heterocycles. The number of anilines is 1. The molecule has 0 radical (unpaired) electrons. The van der Waals surface area contributed by atoms with Gasteiger partial charge in [0, 0.05) is 26.4 Å². The van der Waals surface area contributed by atoms with Crippen molar-refractivity contribution < 1.29 is 14.7 Å². The first-order chi connectivity index (χ1) is 8.40. The third-order valence-corrected chi connectivity index (χ3v) is 4.39. The van der Waals surface area contributed by atoms with Crippen LogP contribution in [-0.4, -0.2) is 23.5 Å². The Bertz CT molecular complexity index is 509. The highest BCUT2D eigenvalue weighted by Gasteiger charge is 2.36. The number of amides is 1. The molecular formula is C11H8Br3NO3. The second-order valence-corrected chi connectivity index (χ2v) is 6.59. The number of carboxylic acids is 1. The molecular weight excluding hydrogens is 434 g/mol. The molecule has 1 heterocycles. The van der Waals surface area contributed by atoms with Gasteiger partial charge in [0.05, 0.1) is 11.6 Å². The van der Waals surface area contributed by atoms with Gasteiger partial charge in [-0.2, -0.15) is 0 Å². The number of benzene rings is 1. The second-order valence-electron chi connectivity index (χ2n) is 3.96. The molecule has 1 aromatic rings. The Labute approximate surface area is 129 Å². The van der Waals surface area contributed by atoms with Crippen molar-refractivity contribution in [1.29, 1.82) is 0 Å². The van der Waals surface area contributed by atoms with Crippen LogP contribution in [0.3, 0.4) is 0 Å². The normalized spacial score (nSPS) is 19.4. The minimum absolute atomic E-state index is 0.0459. The SMILES string of the molecule is O=C(O)C1CC(=O)N(c2c(Br)cc(Br)cc2Br)C1. The van der Waals surface area contributed by atoms with Gasteiger partial charge in [0.2, 0.25) is 5.91 Å². The first-order valence-corrected chi connectivity index (χ1v) is 7.45. The molecule has 0 spiro atoms. The van der Waals surface area contributed by atoms with Crippen molar-refractivity contribution in [3.63, 3.8) is 0 Å². The molecule has 7 heteroatoms. The lowest BCUT2D eigenvalue weighted by Gasteiger charge is -2.19. The molecule has 1 fully saturated rings. The molecule has 0 aliphatic carbocycles. The molecule has 0 saturated carbocycles. The van der Waals surface area contributed by atoms with Gasteiger partial charge in [-0.15, -0.1) is 0 Å². The molecule has 4 nitrogen and oxygen atoms in total. The van der Waals surface area contributed by atoms with Crippen LogP contribution in [0.4, 0.5) is 5.69 Å². The van der Waals surface area contributed by atoms with Crippen LogP contribution in [0.15, 0.2) is 25.6 Å². The van der Waals surface area contributed by atoms with Crippen molar-refractivity contribution >= 4 is 65.4 Å². The highest BCUT2D eigenvalue weighted by Crippen LogP contribution is 2.39. The van der Waals surface area contributed by atoms with Gasteiger partial charge in [0.1, 0.15) is 0 Å². The molecule has 96 valence electrons. The third-order valence-electron chi connectivity index (χ3n) is 2.73. The van der Waals surface area contributed by atoms with Gasteiger partial charge in [-0.05, 0) is 44.0 Å². The Morgan fingerprint density at radius 1 is 1.28 bits per heavy atom. The summed E-state index contributed by atoms with van der Waals surface area (Å²) in [6, 6.07) is 3.64. The van der Waals surface area contributed by atoms with Gasteiger partial charge in [-0.25, -0.2) is 0 Å². The van der Waals surface area contributed by atoms with E-state index in [0.29, 0.717) is 5.69 Å². The number of halogens is 3. The lowest BCUT2D eigenvalue weighted by atomic mass is 10.1. The molecule has 0 aromatic heterocycles. The fraction of sp³-hybridized carbons (Fsp3) is 0.273. The van der Waals surface area contributed by atoms with E-state index in [1.165, 1.54) is 4.90 Å². The van der Waals surface area contributed by atoms with E-state index >= 15 is 0 Å². The lowest BCUT2D eigenvalue weighted by Crippen LogP contribution is -2.26. The van der Waals surface area contributed by atoms with Crippen LogP contribution in [0.25, 0.3) is 0 Å². The number of nitrogens with zero attached hydrogens (tertiary/aromatic N) is 1. The van der Waals surface area contributed by atoms with Gasteiger partial charge in [-0.3, -0.25) is 9.59 Å². The van der Waals surface area contributed by atoms with Gasteiger partial charge < -0.3 is 10.0 Å². The van der Waals surface area contributed by atoms with E-state index in [2.05, 4.69) is 47.8 Å². The maximum Gasteiger partial charge on any atom is 0.308 e. The van der Waals surface area contributed by atoms with E-state index in [4.69, 9.17) is 5.11 Å². The minimum atomic E-state index is -0.935. The van der Waals surface area contributed by atoms with Crippen molar-refractivity contribution in [2.75, 3.05) is 11.4 Å². The summed E-state index contributed by atoms with van der Waals surface area (Å²) in [6.07, 6.45) is 0.0459. The summed E-state index contributed by atoms with van der Waals surface area (Å²) < 4.78 is 2.35. The first-order valence-electron chi connectivity index (χ1n) is 5.08. The zero-order chi connectivity index (χ0) is 13.4. The lowest BCUT2D eigenvalue weighted by molar-refractivity contribution is -0.141. The highest BCUT2D eigenvalue weighted by atomic mass is 79.9.